The largest absolute Gasteiger partial charge is 0.481 e. The van der Waals surface area contributed by atoms with E-state index in [-0.39, 0.29) is 12.1 Å². The molecule has 2 atom stereocenters. The van der Waals surface area contributed by atoms with Gasteiger partial charge in [-0.3, -0.25) is 9.00 Å². The molecule has 2 heterocycles. The zero-order valence-corrected chi connectivity index (χ0v) is 11.2. The fourth-order valence-corrected chi connectivity index (χ4v) is 3.60. The summed E-state index contributed by atoms with van der Waals surface area (Å²) in [6, 6.07) is -0.370. The summed E-state index contributed by atoms with van der Waals surface area (Å²) in [5.41, 5.74) is 0. The highest BCUT2D eigenvalue weighted by Gasteiger charge is 2.39. The molecular formula is C11H18N2O4S. The second-order valence-electron chi connectivity index (χ2n) is 4.79. The van der Waals surface area contributed by atoms with Crippen molar-refractivity contribution in [2.45, 2.75) is 19.4 Å². The Hall–Kier alpha value is -1.11. The minimum absolute atomic E-state index is 0.108. The maximum absolute atomic E-state index is 12.2. The summed E-state index contributed by atoms with van der Waals surface area (Å²) in [6.07, 6.45) is 0.516. The average Bonchev–Trinajstić information content (AvgIpc) is 2.71. The predicted octanol–water partition coefficient (Wildman–Crippen LogP) is -0.0343. The smallest absolute Gasteiger partial charge is 0.320 e. The van der Waals surface area contributed by atoms with E-state index >= 15 is 0 Å². The van der Waals surface area contributed by atoms with E-state index in [0.29, 0.717) is 37.6 Å². The number of aliphatic carboxylic acids is 1. The molecule has 2 fully saturated rings. The van der Waals surface area contributed by atoms with Crippen LogP contribution in [0.4, 0.5) is 4.79 Å². The molecule has 2 rings (SSSR count). The molecule has 2 aliphatic heterocycles. The van der Waals surface area contributed by atoms with Crippen molar-refractivity contribution in [2.75, 3.05) is 31.1 Å². The number of rotatable bonds is 1. The van der Waals surface area contributed by atoms with Crippen molar-refractivity contribution in [1.29, 1.82) is 0 Å². The van der Waals surface area contributed by atoms with E-state index in [4.69, 9.17) is 5.11 Å². The lowest BCUT2D eigenvalue weighted by Gasteiger charge is -2.33. The third-order valence-electron chi connectivity index (χ3n) is 3.77. The molecule has 0 radical (unpaired) electrons. The number of hydrogen-bond donors (Lipinski definition) is 1. The van der Waals surface area contributed by atoms with E-state index in [2.05, 4.69) is 0 Å². The Balaban J connectivity index is 1.98. The van der Waals surface area contributed by atoms with Crippen LogP contribution < -0.4 is 0 Å². The molecule has 2 aliphatic rings. The van der Waals surface area contributed by atoms with E-state index in [1.165, 1.54) is 0 Å². The summed E-state index contributed by atoms with van der Waals surface area (Å²) < 4.78 is 11.2. The van der Waals surface area contributed by atoms with E-state index in [1.54, 1.807) is 16.7 Å². The Morgan fingerprint density at radius 1 is 1.22 bits per heavy atom. The number of carbonyl (C=O) groups excluding carboxylic acids is 1. The number of nitrogens with zero attached hydrogens (tertiary/aromatic N) is 2. The standard InChI is InChI=1S/C11H18N2O4S/c1-8-9(10(14)15)2-3-13(8)11(16)12-4-6-18(17)7-5-12/h8-9H,2-7H2,1H3,(H,14,15). The molecule has 6 nitrogen and oxygen atoms in total. The maximum Gasteiger partial charge on any atom is 0.320 e. The molecule has 0 aliphatic carbocycles. The molecule has 0 aromatic heterocycles. The van der Waals surface area contributed by atoms with Gasteiger partial charge in [-0.1, -0.05) is 0 Å². The summed E-state index contributed by atoms with van der Waals surface area (Å²) in [4.78, 5) is 26.6. The van der Waals surface area contributed by atoms with Crippen molar-refractivity contribution in [3.63, 3.8) is 0 Å². The van der Waals surface area contributed by atoms with Crippen molar-refractivity contribution < 1.29 is 18.9 Å². The molecule has 1 N–H and O–H groups in total. The Morgan fingerprint density at radius 2 is 1.83 bits per heavy atom. The molecule has 2 amide bonds. The van der Waals surface area contributed by atoms with Crippen LogP contribution in [0.15, 0.2) is 0 Å². The summed E-state index contributed by atoms with van der Waals surface area (Å²) in [5, 5.41) is 9.04. The molecule has 0 saturated carbocycles. The van der Waals surface area contributed by atoms with Crippen molar-refractivity contribution in [2.24, 2.45) is 5.92 Å². The van der Waals surface area contributed by atoms with Crippen LogP contribution in [0.25, 0.3) is 0 Å². The second-order valence-corrected chi connectivity index (χ2v) is 6.48. The molecule has 2 unspecified atom stereocenters. The fourth-order valence-electron chi connectivity index (χ4n) is 2.55. The minimum atomic E-state index is -0.836. The van der Waals surface area contributed by atoms with Gasteiger partial charge in [-0.2, -0.15) is 0 Å². The van der Waals surface area contributed by atoms with Crippen LogP contribution in [0, 0.1) is 5.92 Å². The van der Waals surface area contributed by atoms with Crippen LogP contribution in [0.3, 0.4) is 0 Å². The first kappa shape index (κ1) is 13.3. The Kier molecular flexibility index (Phi) is 3.89. The SMILES string of the molecule is CC1C(C(=O)O)CCN1C(=O)N1CCS(=O)CC1. The first-order valence-electron chi connectivity index (χ1n) is 6.14. The average molecular weight is 274 g/mol. The first-order valence-corrected chi connectivity index (χ1v) is 7.63. The van der Waals surface area contributed by atoms with Crippen molar-refractivity contribution in [1.82, 2.24) is 9.80 Å². The van der Waals surface area contributed by atoms with E-state index < -0.39 is 22.7 Å². The quantitative estimate of drug-likeness (QED) is 0.728. The highest BCUT2D eigenvalue weighted by molar-refractivity contribution is 7.85. The third kappa shape index (κ3) is 2.50. The summed E-state index contributed by atoms with van der Waals surface area (Å²) in [6.45, 7) is 3.29. The first-order chi connectivity index (χ1) is 8.50. The van der Waals surface area contributed by atoms with Gasteiger partial charge in [0.25, 0.3) is 0 Å². The highest BCUT2D eigenvalue weighted by atomic mass is 32.2. The molecule has 0 aromatic rings. The molecule has 2 saturated heterocycles. The van der Waals surface area contributed by atoms with Crippen LogP contribution in [0.1, 0.15) is 13.3 Å². The van der Waals surface area contributed by atoms with Crippen molar-refractivity contribution in [3.8, 4) is 0 Å². The number of likely N-dealkylation sites (tertiary alicyclic amines) is 1. The maximum atomic E-state index is 12.2. The minimum Gasteiger partial charge on any atom is -0.481 e. The van der Waals surface area contributed by atoms with Crippen LogP contribution in [0.2, 0.25) is 0 Å². The highest BCUT2D eigenvalue weighted by Crippen LogP contribution is 2.25. The van der Waals surface area contributed by atoms with E-state index in [1.807, 2.05) is 0 Å². The number of carbonyl (C=O) groups is 2. The van der Waals surface area contributed by atoms with Gasteiger partial charge in [-0.15, -0.1) is 0 Å². The molecule has 0 bridgehead atoms. The monoisotopic (exact) mass is 274 g/mol. The number of urea groups is 1. The second kappa shape index (κ2) is 5.26. The Bertz CT molecular complexity index is 377. The van der Waals surface area contributed by atoms with Gasteiger partial charge in [-0.25, -0.2) is 4.79 Å². The zero-order valence-electron chi connectivity index (χ0n) is 10.4. The van der Waals surface area contributed by atoms with Crippen LogP contribution in [-0.4, -0.2) is 68.3 Å². The molecule has 7 heteroatoms. The lowest BCUT2D eigenvalue weighted by atomic mass is 10.0. The van der Waals surface area contributed by atoms with Gasteiger partial charge in [0.1, 0.15) is 0 Å². The third-order valence-corrected chi connectivity index (χ3v) is 5.04. The number of carboxylic acid groups (broad SMARTS) is 1. The summed E-state index contributed by atoms with van der Waals surface area (Å²) >= 11 is 0. The van der Waals surface area contributed by atoms with Gasteiger partial charge in [0.15, 0.2) is 0 Å². The normalized spacial score (nSPS) is 29.6. The van der Waals surface area contributed by atoms with Gasteiger partial charge in [0.2, 0.25) is 0 Å². The lowest BCUT2D eigenvalue weighted by Crippen LogP contribution is -2.50. The molecule has 0 spiro atoms. The topological polar surface area (TPSA) is 77.9 Å². The van der Waals surface area contributed by atoms with Gasteiger partial charge < -0.3 is 14.9 Å². The van der Waals surface area contributed by atoms with Crippen LogP contribution in [0.5, 0.6) is 0 Å². The van der Waals surface area contributed by atoms with E-state index in [9.17, 15) is 13.8 Å². The van der Waals surface area contributed by atoms with Gasteiger partial charge in [-0.05, 0) is 13.3 Å². The van der Waals surface area contributed by atoms with Crippen LogP contribution >= 0.6 is 0 Å². The summed E-state index contributed by atoms with van der Waals surface area (Å²) in [5.74, 6) is -0.252. The lowest BCUT2D eigenvalue weighted by molar-refractivity contribution is -0.142. The molecule has 18 heavy (non-hydrogen) atoms. The molecule has 102 valence electrons. The Labute approximate surface area is 108 Å². The predicted molar refractivity (Wildman–Crippen MR) is 66.8 cm³/mol. The van der Waals surface area contributed by atoms with Crippen molar-refractivity contribution in [3.05, 3.63) is 0 Å². The fraction of sp³-hybridized carbons (Fsp3) is 0.818. The van der Waals surface area contributed by atoms with Crippen molar-refractivity contribution >= 4 is 22.8 Å². The van der Waals surface area contributed by atoms with E-state index in [0.717, 1.165) is 0 Å². The zero-order chi connectivity index (χ0) is 13.3. The molecule has 0 aromatic carbocycles. The van der Waals surface area contributed by atoms with Gasteiger partial charge in [0, 0.05) is 48.0 Å². The summed E-state index contributed by atoms with van der Waals surface area (Å²) in [7, 11) is -0.809. The van der Waals surface area contributed by atoms with Crippen LogP contribution in [-0.2, 0) is 15.6 Å². The van der Waals surface area contributed by atoms with Gasteiger partial charge >= 0.3 is 12.0 Å². The Morgan fingerprint density at radius 3 is 2.33 bits per heavy atom. The van der Waals surface area contributed by atoms with Gasteiger partial charge in [0.05, 0.1) is 5.92 Å². The number of hydrogen-bond acceptors (Lipinski definition) is 3. The molecular weight excluding hydrogens is 256 g/mol. The number of carboxylic acids is 1. The number of amides is 2.